The number of rotatable bonds is 5. The lowest BCUT2D eigenvalue weighted by atomic mass is 10.0. The predicted octanol–water partition coefficient (Wildman–Crippen LogP) is 2.72. The number of non-ortho nitro benzene ring substituents is 1. The van der Waals surface area contributed by atoms with Gasteiger partial charge in [0, 0.05) is 18.2 Å². The van der Waals surface area contributed by atoms with Gasteiger partial charge in [-0.3, -0.25) is 14.9 Å². The fourth-order valence-electron chi connectivity index (χ4n) is 1.43. The SMILES string of the molecule is CC(=O)C(Br)c1ccc([N+](=O)[O-])cc1C=CC(=O)O. The maximum absolute atomic E-state index is 11.3. The maximum atomic E-state index is 11.3. The minimum atomic E-state index is -1.17. The molecular weight excluding hydrogens is 318 g/mol. The largest absolute Gasteiger partial charge is 0.478 e. The van der Waals surface area contributed by atoms with Crippen molar-refractivity contribution < 1.29 is 19.6 Å². The topological polar surface area (TPSA) is 97.5 Å². The summed E-state index contributed by atoms with van der Waals surface area (Å²) < 4.78 is 0. The van der Waals surface area contributed by atoms with Gasteiger partial charge in [0.15, 0.2) is 0 Å². The van der Waals surface area contributed by atoms with E-state index in [1.807, 2.05) is 0 Å². The minimum absolute atomic E-state index is 0.169. The Morgan fingerprint density at radius 1 is 1.47 bits per heavy atom. The van der Waals surface area contributed by atoms with Gasteiger partial charge in [-0.1, -0.05) is 22.0 Å². The Kier molecular flexibility index (Phi) is 4.94. The predicted molar refractivity (Wildman–Crippen MR) is 72.1 cm³/mol. The van der Waals surface area contributed by atoms with E-state index < -0.39 is 15.7 Å². The van der Waals surface area contributed by atoms with Crippen LogP contribution in [0.25, 0.3) is 6.08 Å². The minimum Gasteiger partial charge on any atom is -0.478 e. The lowest BCUT2D eigenvalue weighted by Crippen LogP contribution is -2.04. The Balaban J connectivity index is 3.33. The Labute approximate surface area is 117 Å². The van der Waals surface area contributed by atoms with Crippen LogP contribution in [0.15, 0.2) is 24.3 Å². The molecule has 1 unspecified atom stereocenters. The van der Waals surface area contributed by atoms with Gasteiger partial charge in [-0.2, -0.15) is 0 Å². The van der Waals surface area contributed by atoms with Gasteiger partial charge in [0.2, 0.25) is 0 Å². The second-order valence-electron chi connectivity index (χ2n) is 3.72. The highest BCUT2D eigenvalue weighted by Crippen LogP contribution is 2.30. The van der Waals surface area contributed by atoms with Crippen LogP contribution in [-0.4, -0.2) is 21.8 Å². The molecule has 7 heteroatoms. The molecule has 1 atom stereocenters. The van der Waals surface area contributed by atoms with Crippen molar-refractivity contribution in [3.63, 3.8) is 0 Å². The molecule has 0 heterocycles. The van der Waals surface area contributed by atoms with Gasteiger partial charge in [-0.05, 0) is 24.1 Å². The van der Waals surface area contributed by atoms with Crippen LogP contribution < -0.4 is 0 Å². The third-order valence-electron chi connectivity index (χ3n) is 2.32. The third-order valence-corrected chi connectivity index (χ3v) is 3.45. The number of alkyl halides is 1. The molecule has 0 saturated heterocycles. The molecule has 100 valence electrons. The van der Waals surface area contributed by atoms with Crippen molar-refractivity contribution in [2.75, 3.05) is 0 Å². The molecule has 0 amide bonds. The average Bonchev–Trinajstić information content (AvgIpc) is 2.34. The van der Waals surface area contributed by atoms with Gasteiger partial charge in [-0.15, -0.1) is 0 Å². The normalized spacial score (nSPS) is 12.3. The molecule has 6 nitrogen and oxygen atoms in total. The molecule has 0 fully saturated rings. The zero-order chi connectivity index (χ0) is 14.6. The maximum Gasteiger partial charge on any atom is 0.328 e. The van der Waals surface area contributed by atoms with E-state index in [4.69, 9.17) is 5.11 Å². The van der Waals surface area contributed by atoms with Gasteiger partial charge in [-0.25, -0.2) is 4.79 Å². The van der Waals surface area contributed by atoms with Crippen molar-refractivity contribution >= 4 is 39.4 Å². The number of Topliss-reactive ketones (excluding diaryl/α,β-unsaturated/α-hetero) is 1. The number of carboxylic acid groups (broad SMARTS) is 1. The highest BCUT2D eigenvalue weighted by molar-refractivity contribution is 9.09. The van der Waals surface area contributed by atoms with Crippen molar-refractivity contribution in [3.05, 3.63) is 45.5 Å². The highest BCUT2D eigenvalue weighted by Gasteiger charge is 2.18. The standard InChI is InChI=1S/C12H10BrNO5/c1-7(15)12(13)10-4-3-9(14(18)19)6-8(10)2-5-11(16)17/h2-6,12H,1H3,(H,16,17). The number of hydrogen-bond donors (Lipinski definition) is 1. The lowest BCUT2D eigenvalue weighted by molar-refractivity contribution is -0.384. The smallest absolute Gasteiger partial charge is 0.328 e. The number of carbonyl (C=O) groups excluding carboxylic acids is 1. The monoisotopic (exact) mass is 327 g/mol. The van der Waals surface area contributed by atoms with Gasteiger partial charge in [0.1, 0.15) is 5.78 Å². The molecule has 0 aromatic heterocycles. The first kappa shape index (κ1) is 15.0. The van der Waals surface area contributed by atoms with Crippen molar-refractivity contribution in [3.8, 4) is 0 Å². The zero-order valence-corrected chi connectivity index (χ0v) is 11.5. The van der Waals surface area contributed by atoms with Crippen LogP contribution in [0.5, 0.6) is 0 Å². The van der Waals surface area contributed by atoms with E-state index in [1.54, 1.807) is 0 Å². The molecule has 1 aromatic carbocycles. The van der Waals surface area contributed by atoms with Gasteiger partial charge >= 0.3 is 5.97 Å². The van der Waals surface area contributed by atoms with Crippen molar-refractivity contribution in [2.24, 2.45) is 0 Å². The summed E-state index contributed by atoms with van der Waals surface area (Å²) in [7, 11) is 0. The lowest BCUT2D eigenvalue weighted by Gasteiger charge is -2.10. The second kappa shape index (κ2) is 6.24. The van der Waals surface area contributed by atoms with Crippen LogP contribution >= 0.6 is 15.9 Å². The molecule has 1 aromatic rings. The summed E-state index contributed by atoms with van der Waals surface area (Å²) in [5.74, 6) is -1.36. The summed E-state index contributed by atoms with van der Waals surface area (Å²) in [4.78, 5) is 31.3. The van der Waals surface area contributed by atoms with Gasteiger partial charge in [0.25, 0.3) is 5.69 Å². The van der Waals surface area contributed by atoms with E-state index in [-0.39, 0.29) is 11.5 Å². The number of hydrogen-bond acceptors (Lipinski definition) is 4. The molecule has 0 spiro atoms. The molecule has 0 radical (unpaired) electrons. The molecule has 19 heavy (non-hydrogen) atoms. The summed E-state index contributed by atoms with van der Waals surface area (Å²) >= 11 is 3.17. The molecule has 1 rings (SSSR count). The van der Waals surface area contributed by atoms with Crippen LogP contribution in [-0.2, 0) is 9.59 Å². The van der Waals surface area contributed by atoms with E-state index >= 15 is 0 Å². The fraction of sp³-hybridized carbons (Fsp3) is 0.167. The number of benzene rings is 1. The number of ketones is 1. The quantitative estimate of drug-likeness (QED) is 0.388. The average molecular weight is 328 g/mol. The zero-order valence-electron chi connectivity index (χ0n) is 9.87. The summed E-state index contributed by atoms with van der Waals surface area (Å²) in [6.45, 7) is 1.37. The number of nitrogens with zero attached hydrogens (tertiary/aromatic N) is 1. The molecule has 0 saturated carbocycles. The summed E-state index contributed by atoms with van der Waals surface area (Å²) in [6.07, 6.45) is 2.09. The first-order valence-electron chi connectivity index (χ1n) is 5.16. The molecule has 1 N–H and O–H groups in total. The van der Waals surface area contributed by atoms with E-state index in [0.29, 0.717) is 11.1 Å². The number of carbonyl (C=O) groups is 2. The third kappa shape index (κ3) is 3.99. The summed E-state index contributed by atoms with van der Waals surface area (Å²) in [5.41, 5.74) is 0.626. The molecule has 0 aliphatic carbocycles. The van der Waals surface area contributed by atoms with Crippen LogP contribution in [0.1, 0.15) is 22.9 Å². The Bertz CT molecular complexity index is 567. The highest BCUT2D eigenvalue weighted by atomic mass is 79.9. The van der Waals surface area contributed by atoms with Gasteiger partial charge < -0.3 is 5.11 Å². The van der Waals surface area contributed by atoms with E-state index in [2.05, 4.69) is 15.9 Å². The second-order valence-corrected chi connectivity index (χ2v) is 4.63. The first-order chi connectivity index (χ1) is 8.82. The number of halogens is 1. The molecule has 0 aliphatic heterocycles. The summed E-state index contributed by atoms with van der Waals surface area (Å²) in [6, 6.07) is 3.93. The Morgan fingerprint density at radius 3 is 2.58 bits per heavy atom. The molecule has 0 aliphatic rings. The Morgan fingerprint density at radius 2 is 2.11 bits per heavy atom. The van der Waals surface area contributed by atoms with Crippen LogP contribution in [0, 0.1) is 10.1 Å². The molecule has 0 bridgehead atoms. The number of nitro benzene ring substituents is 1. The van der Waals surface area contributed by atoms with Crippen molar-refractivity contribution in [2.45, 2.75) is 11.8 Å². The first-order valence-corrected chi connectivity index (χ1v) is 6.08. The van der Waals surface area contributed by atoms with Gasteiger partial charge in [0.05, 0.1) is 9.75 Å². The van der Waals surface area contributed by atoms with Crippen molar-refractivity contribution in [1.82, 2.24) is 0 Å². The number of aliphatic carboxylic acids is 1. The molecular formula is C12H10BrNO5. The van der Waals surface area contributed by atoms with E-state index in [1.165, 1.54) is 31.2 Å². The Hall–Kier alpha value is -2.02. The van der Waals surface area contributed by atoms with E-state index in [0.717, 1.165) is 6.08 Å². The van der Waals surface area contributed by atoms with E-state index in [9.17, 15) is 19.7 Å². The van der Waals surface area contributed by atoms with Crippen LogP contribution in [0.4, 0.5) is 5.69 Å². The number of carboxylic acids is 1. The number of nitro groups is 1. The van der Waals surface area contributed by atoms with Crippen LogP contribution in [0.2, 0.25) is 0 Å². The van der Waals surface area contributed by atoms with Crippen molar-refractivity contribution in [1.29, 1.82) is 0 Å². The fourth-order valence-corrected chi connectivity index (χ4v) is 1.85. The van der Waals surface area contributed by atoms with Crippen LogP contribution in [0.3, 0.4) is 0 Å². The summed E-state index contributed by atoms with van der Waals surface area (Å²) in [5, 5.41) is 19.3.